The molecule has 1 N–H and O–H groups in total. The second-order valence-electron chi connectivity index (χ2n) is 5.72. The first-order valence-corrected chi connectivity index (χ1v) is 8.01. The maximum atomic E-state index is 12.3. The van der Waals surface area contributed by atoms with Gasteiger partial charge in [-0.2, -0.15) is 0 Å². The number of amides is 1. The van der Waals surface area contributed by atoms with Crippen LogP contribution in [0.2, 0.25) is 0 Å². The molecule has 25 heavy (non-hydrogen) atoms. The molecule has 5 heteroatoms. The summed E-state index contributed by atoms with van der Waals surface area (Å²) in [6.45, 7) is 0.632. The van der Waals surface area contributed by atoms with Gasteiger partial charge in [-0.1, -0.05) is 24.3 Å². The summed E-state index contributed by atoms with van der Waals surface area (Å²) in [5, 5.41) is 2.94. The number of pyridine rings is 1. The van der Waals surface area contributed by atoms with Gasteiger partial charge in [0.1, 0.15) is 0 Å². The van der Waals surface area contributed by atoms with E-state index in [0.717, 1.165) is 22.4 Å². The van der Waals surface area contributed by atoms with Crippen LogP contribution >= 0.6 is 0 Å². The molecule has 0 aliphatic carbocycles. The van der Waals surface area contributed by atoms with Crippen molar-refractivity contribution >= 4 is 22.6 Å². The van der Waals surface area contributed by atoms with Crippen molar-refractivity contribution < 1.29 is 4.79 Å². The Balaban J connectivity index is 1.61. The molecule has 0 saturated heterocycles. The van der Waals surface area contributed by atoms with E-state index in [1.165, 1.54) is 0 Å². The minimum absolute atomic E-state index is 0.129. The minimum atomic E-state index is -0.129. The summed E-state index contributed by atoms with van der Waals surface area (Å²) in [6.07, 6.45) is 3.57. The van der Waals surface area contributed by atoms with E-state index < -0.39 is 0 Å². The molecule has 2 aromatic heterocycles. The van der Waals surface area contributed by atoms with Gasteiger partial charge in [-0.05, 0) is 42.5 Å². The van der Waals surface area contributed by atoms with Crippen LogP contribution < -0.4 is 5.32 Å². The normalized spacial score (nSPS) is 10.7. The number of aromatic nitrogens is 3. The van der Waals surface area contributed by atoms with Gasteiger partial charge >= 0.3 is 0 Å². The first-order valence-electron chi connectivity index (χ1n) is 8.01. The molecule has 0 unspecified atom stereocenters. The van der Waals surface area contributed by atoms with Crippen LogP contribution in [-0.4, -0.2) is 20.4 Å². The van der Waals surface area contributed by atoms with Gasteiger partial charge in [0, 0.05) is 17.4 Å². The van der Waals surface area contributed by atoms with E-state index in [1.54, 1.807) is 24.7 Å². The SMILES string of the molecule is O=C(Nc1ccc2ncn(Cc3ccccn3)c2c1)c1ccccc1. The number of rotatable bonds is 4. The van der Waals surface area contributed by atoms with Gasteiger partial charge in [0.25, 0.3) is 5.91 Å². The molecule has 0 spiro atoms. The zero-order chi connectivity index (χ0) is 17.1. The predicted molar refractivity (Wildman–Crippen MR) is 97.5 cm³/mol. The van der Waals surface area contributed by atoms with Crippen molar-refractivity contribution in [2.24, 2.45) is 0 Å². The Hall–Kier alpha value is -3.47. The Labute approximate surface area is 145 Å². The first kappa shape index (κ1) is 15.1. The number of nitrogens with one attached hydrogen (secondary N) is 1. The van der Waals surface area contributed by atoms with E-state index in [1.807, 2.05) is 59.2 Å². The predicted octanol–water partition coefficient (Wildman–Crippen LogP) is 3.73. The maximum absolute atomic E-state index is 12.3. The molecule has 2 heterocycles. The Morgan fingerprint density at radius 3 is 2.60 bits per heavy atom. The van der Waals surface area contributed by atoms with Crippen molar-refractivity contribution in [3.63, 3.8) is 0 Å². The van der Waals surface area contributed by atoms with Gasteiger partial charge in [0.15, 0.2) is 0 Å². The highest BCUT2D eigenvalue weighted by Gasteiger charge is 2.08. The van der Waals surface area contributed by atoms with Crippen molar-refractivity contribution in [3.8, 4) is 0 Å². The molecule has 0 saturated carbocycles. The lowest BCUT2D eigenvalue weighted by atomic mass is 10.2. The average Bonchev–Trinajstić information content (AvgIpc) is 3.05. The third-order valence-corrected chi connectivity index (χ3v) is 3.97. The van der Waals surface area contributed by atoms with Crippen molar-refractivity contribution in [1.29, 1.82) is 0 Å². The molecule has 0 bridgehead atoms. The van der Waals surface area contributed by atoms with Gasteiger partial charge in [-0.15, -0.1) is 0 Å². The molecular formula is C20H16N4O. The third kappa shape index (κ3) is 3.26. The van der Waals surface area contributed by atoms with Crippen molar-refractivity contribution in [3.05, 3.63) is 90.5 Å². The van der Waals surface area contributed by atoms with Crippen molar-refractivity contribution in [2.45, 2.75) is 6.54 Å². The fourth-order valence-electron chi connectivity index (χ4n) is 2.72. The summed E-state index contributed by atoms with van der Waals surface area (Å²) in [4.78, 5) is 21.1. The van der Waals surface area contributed by atoms with Crippen LogP contribution in [0.15, 0.2) is 79.3 Å². The third-order valence-electron chi connectivity index (χ3n) is 3.97. The van der Waals surface area contributed by atoms with Crippen LogP contribution in [0.25, 0.3) is 11.0 Å². The highest BCUT2D eigenvalue weighted by Crippen LogP contribution is 2.20. The average molecular weight is 328 g/mol. The number of benzene rings is 2. The van der Waals surface area contributed by atoms with Gasteiger partial charge in [0.2, 0.25) is 0 Å². The van der Waals surface area contributed by atoms with Crippen LogP contribution in [0.3, 0.4) is 0 Å². The molecular weight excluding hydrogens is 312 g/mol. The summed E-state index contributed by atoms with van der Waals surface area (Å²) in [5.74, 6) is -0.129. The highest BCUT2D eigenvalue weighted by atomic mass is 16.1. The Morgan fingerprint density at radius 2 is 1.80 bits per heavy atom. The first-order chi connectivity index (χ1) is 12.3. The fraction of sp³-hybridized carbons (Fsp3) is 0.0500. The number of carbonyl (C=O) groups is 1. The molecule has 4 aromatic rings. The summed E-state index contributed by atoms with van der Waals surface area (Å²) < 4.78 is 2.02. The molecule has 0 radical (unpaired) electrons. The number of anilines is 1. The Morgan fingerprint density at radius 1 is 0.960 bits per heavy atom. The fourth-order valence-corrected chi connectivity index (χ4v) is 2.72. The van der Waals surface area contributed by atoms with Crippen LogP contribution in [0.5, 0.6) is 0 Å². The molecule has 122 valence electrons. The molecule has 0 fully saturated rings. The maximum Gasteiger partial charge on any atom is 0.255 e. The van der Waals surface area contributed by atoms with Crippen LogP contribution in [0, 0.1) is 0 Å². The molecule has 2 aromatic carbocycles. The van der Waals surface area contributed by atoms with E-state index in [9.17, 15) is 4.79 Å². The molecule has 1 amide bonds. The zero-order valence-electron chi connectivity index (χ0n) is 13.5. The number of nitrogens with zero attached hydrogens (tertiary/aromatic N) is 3. The molecule has 0 atom stereocenters. The van der Waals surface area contributed by atoms with E-state index >= 15 is 0 Å². The van der Waals surface area contributed by atoms with E-state index in [4.69, 9.17) is 0 Å². The largest absolute Gasteiger partial charge is 0.324 e. The van der Waals surface area contributed by atoms with E-state index in [2.05, 4.69) is 15.3 Å². The van der Waals surface area contributed by atoms with Crippen molar-refractivity contribution in [1.82, 2.24) is 14.5 Å². The van der Waals surface area contributed by atoms with Crippen LogP contribution in [-0.2, 0) is 6.54 Å². The topological polar surface area (TPSA) is 59.8 Å². The molecule has 0 aliphatic rings. The summed E-state index contributed by atoms with van der Waals surface area (Å²) >= 11 is 0. The Kier molecular flexibility index (Phi) is 3.96. The number of imidazole rings is 1. The highest BCUT2D eigenvalue weighted by molar-refractivity contribution is 6.04. The number of hydrogen-bond acceptors (Lipinski definition) is 3. The standard InChI is InChI=1S/C20H16N4O/c25-20(15-6-2-1-3-7-15)23-16-9-10-18-19(12-16)24(14-22-18)13-17-8-4-5-11-21-17/h1-12,14H,13H2,(H,23,25). The summed E-state index contributed by atoms with van der Waals surface area (Å²) in [6, 6.07) is 20.7. The summed E-state index contributed by atoms with van der Waals surface area (Å²) in [5.41, 5.74) is 4.17. The Bertz CT molecular complexity index is 1010. The van der Waals surface area contributed by atoms with E-state index in [-0.39, 0.29) is 5.91 Å². The van der Waals surface area contributed by atoms with Gasteiger partial charge in [-0.3, -0.25) is 9.78 Å². The second-order valence-corrected chi connectivity index (χ2v) is 5.72. The summed E-state index contributed by atoms with van der Waals surface area (Å²) in [7, 11) is 0. The lowest BCUT2D eigenvalue weighted by molar-refractivity contribution is 0.102. The minimum Gasteiger partial charge on any atom is -0.324 e. The molecule has 4 rings (SSSR count). The van der Waals surface area contributed by atoms with Crippen molar-refractivity contribution in [2.75, 3.05) is 5.32 Å². The lowest BCUT2D eigenvalue weighted by Crippen LogP contribution is -2.11. The second kappa shape index (κ2) is 6.57. The van der Waals surface area contributed by atoms with Gasteiger partial charge < -0.3 is 9.88 Å². The lowest BCUT2D eigenvalue weighted by Gasteiger charge is -2.07. The quantitative estimate of drug-likeness (QED) is 0.621. The number of hydrogen-bond donors (Lipinski definition) is 1. The number of fused-ring (bicyclic) bond motifs is 1. The molecule has 5 nitrogen and oxygen atoms in total. The van der Waals surface area contributed by atoms with Gasteiger partial charge in [-0.25, -0.2) is 4.98 Å². The van der Waals surface area contributed by atoms with Gasteiger partial charge in [0.05, 0.1) is 29.6 Å². The monoisotopic (exact) mass is 328 g/mol. The van der Waals surface area contributed by atoms with Crippen LogP contribution in [0.1, 0.15) is 16.1 Å². The van der Waals surface area contributed by atoms with Crippen LogP contribution in [0.4, 0.5) is 5.69 Å². The smallest absolute Gasteiger partial charge is 0.255 e. The zero-order valence-corrected chi connectivity index (χ0v) is 13.5. The number of carbonyl (C=O) groups excluding carboxylic acids is 1. The molecule has 0 aliphatic heterocycles. The van der Waals surface area contributed by atoms with E-state index in [0.29, 0.717) is 12.1 Å².